The summed E-state index contributed by atoms with van der Waals surface area (Å²) in [7, 11) is 1.77. The number of nitrogens with one attached hydrogen (secondary N) is 1. The number of benzodiazepines with no additional fused rings is 1. The normalized spacial score (nSPS) is 24.6. The molecule has 7 heteroatoms. The third-order valence-electron chi connectivity index (χ3n) is 8.81. The minimum absolute atomic E-state index is 0.0336. The zero-order chi connectivity index (χ0) is 27.1. The first-order valence-corrected chi connectivity index (χ1v) is 14.3. The quantitative estimate of drug-likeness (QED) is 0.360. The van der Waals surface area contributed by atoms with Crippen LogP contribution in [0.4, 0.5) is 5.69 Å². The summed E-state index contributed by atoms with van der Waals surface area (Å²) in [6.45, 7) is 0. The van der Waals surface area contributed by atoms with Crippen molar-refractivity contribution in [3.63, 3.8) is 0 Å². The molecule has 5 nitrogen and oxygen atoms in total. The van der Waals surface area contributed by atoms with Gasteiger partial charge in [-0.05, 0) is 73.8 Å². The summed E-state index contributed by atoms with van der Waals surface area (Å²) in [4.78, 5) is 34.5. The lowest BCUT2D eigenvalue weighted by atomic mass is 9.76. The molecule has 2 atom stereocenters. The molecule has 2 saturated carbocycles. The van der Waals surface area contributed by atoms with Gasteiger partial charge < -0.3 is 10.2 Å². The maximum Gasteiger partial charge on any atom is 0.272 e. The molecule has 2 fully saturated rings. The monoisotopic (exact) mass is 559 g/mol. The average Bonchev–Trinajstić information content (AvgIpc) is 3.55. The zero-order valence-corrected chi connectivity index (χ0v) is 23.4. The van der Waals surface area contributed by atoms with E-state index in [9.17, 15) is 9.59 Å². The molecule has 0 saturated heterocycles. The Balaban J connectivity index is 1.36. The molecule has 3 aliphatic rings. The first kappa shape index (κ1) is 26.1. The summed E-state index contributed by atoms with van der Waals surface area (Å²) in [5, 5.41) is 3.96. The molecule has 2 unspecified atom stereocenters. The standard InChI is InChI=1S/C32H31Cl2N3O2/c1-37-27-10-6-5-9-23(27)28(32-15-13-20(19-32)14-16-32)35-29(31(37)39)36-30(38)24(22-7-3-2-4-8-22)17-21-11-12-25(33)26(34)18-21/h2-12,18,20,24,29H,13-17,19H2,1H3,(H,36,38). The molecule has 3 aromatic rings. The van der Waals surface area contributed by atoms with Crippen LogP contribution in [0.25, 0.3) is 0 Å². The number of likely N-dealkylation sites (N-methyl/N-ethyl adjacent to an activating group) is 1. The molecule has 3 aromatic carbocycles. The number of anilines is 1. The zero-order valence-electron chi connectivity index (χ0n) is 21.9. The third-order valence-corrected chi connectivity index (χ3v) is 9.55. The predicted octanol–water partition coefficient (Wildman–Crippen LogP) is 6.81. The second-order valence-corrected chi connectivity index (χ2v) is 12.0. The third kappa shape index (κ3) is 4.87. The molecule has 2 amide bonds. The Morgan fingerprint density at radius 2 is 1.74 bits per heavy atom. The van der Waals surface area contributed by atoms with Crippen molar-refractivity contribution in [2.75, 3.05) is 11.9 Å². The Morgan fingerprint density at radius 3 is 2.44 bits per heavy atom. The van der Waals surface area contributed by atoms with Crippen LogP contribution in [-0.4, -0.2) is 30.7 Å². The van der Waals surface area contributed by atoms with Crippen LogP contribution in [0.3, 0.4) is 0 Å². The van der Waals surface area contributed by atoms with Gasteiger partial charge in [0.05, 0.1) is 27.4 Å². The first-order chi connectivity index (χ1) is 18.8. The van der Waals surface area contributed by atoms with Crippen LogP contribution in [0.2, 0.25) is 10.0 Å². The fourth-order valence-electron chi connectivity index (χ4n) is 6.75. The van der Waals surface area contributed by atoms with Crippen LogP contribution < -0.4 is 10.2 Å². The van der Waals surface area contributed by atoms with Gasteiger partial charge >= 0.3 is 0 Å². The first-order valence-electron chi connectivity index (χ1n) is 13.6. The molecule has 1 N–H and O–H groups in total. The van der Waals surface area contributed by atoms with E-state index < -0.39 is 12.1 Å². The van der Waals surface area contributed by atoms with E-state index in [0.29, 0.717) is 16.5 Å². The number of para-hydroxylation sites is 1. The Morgan fingerprint density at radius 1 is 1.03 bits per heavy atom. The summed E-state index contributed by atoms with van der Waals surface area (Å²) in [6.07, 6.45) is 5.05. The molecular formula is C32H31Cl2N3O2. The van der Waals surface area contributed by atoms with Gasteiger partial charge in [0.25, 0.3) is 5.91 Å². The second kappa shape index (κ2) is 10.4. The van der Waals surface area contributed by atoms with E-state index in [4.69, 9.17) is 28.2 Å². The molecule has 6 rings (SSSR count). The highest BCUT2D eigenvalue weighted by atomic mass is 35.5. The number of nitrogens with zero attached hydrogens (tertiary/aromatic N) is 2. The number of carbonyl (C=O) groups is 2. The van der Waals surface area contributed by atoms with Crippen LogP contribution in [0.1, 0.15) is 54.7 Å². The predicted molar refractivity (Wildman–Crippen MR) is 157 cm³/mol. The number of fused-ring (bicyclic) bond motifs is 3. The van der Waals surface area contributed by atoms with Gasteiger partial charge in [-0.15, -0.1) is 0 Å². The SMILES string of the molecule is CN1C(=O)C(NC(=O)C(Cc2ccc(Cl)c(Cl)c2)c2ccccc2)N=C(C23CCC(CC2)C3)c2ccccc21. The number of benzene rings is 3. The molecule has 1 heterocycles. The van der Waals surface area contributed by atoms with E-state index in [1.807, 2.05) is 54.6 Å². The number of rotatable bonds is 6. The Hall–Kier alpha value is -3.15. The lowest BCUT2D eigenvalue weighted by molar-refractivity contribution is -0.128. The number of aliphatic imine (C=N–C) groups is 1. The smallest absolute Gasteiger partial charge is 0.272 e. The Bertz CT molecular complexity index is 1450. The number of carbonyl (C=O) groups excluding carboxylic acids is 2. The van der Waals surface area contributed by atoms with Crippen molar-refractivity contribution in [2.24, 2.45) is 16.3 Å². The largest absolute Gasteiger partial charge is 0.326 e. The molecular weight excluding hydrogens is 529 g/mol. The van der Waals surface area contributed by atoms with Gasteiger partial charge in [0.15, 0.2) is 0 Å². The van der Waals surface area contributed by atoms with E-state index in [0.717, 1.165) is 53.3 Å². The van der Waals surface area contributed by atoms with E-state index in [-0.39, 0.29) is 17.2 Å². The molecule has 0 spiro atoms. The lowest BCUT2D eigenvalue weighted by Crippen LogP contribution is -2.48. The Labute approximate surface area is 239 Å². The van der Waals surface area contributed by atoms with Crippen LogP contribution >= 0.6 is 23.2 Å². The topological polar surface area (TPSA) is 61.8 Å². The van der Waals surface area contributed by atoms with Gasteiger partial charge in [-0.3, -0.25) is 14.6 Å². The van der Waals surface area contributed by atoms with Gasteiger partial charge in [0.1, 0.15) is 0 Å². The highest BCUT2D eigenvalue weighted by Gasteiger charge is 2.50. The van der Waals surface area contributed by atoms with Crippen molar-refractivity contribution in [1.82, 2.24) is 5.32 Å². The molecule has 2 aliphatic carbocycles. The molecule has 0 radical (unpaired) electrons. The number of halogens is 2. The minimum Gasteiger partial charge on any atom is -0.326 e. The molecule has 200 valence electrons. The molecule has 39 heavy (non-hydrogen) atoms. The minimum atomic E-state index is -1.00. The van der Waals surface area contributed by atoms with Crippen LogP contribution in [0.15, 0.2) is 77.8 Å². The molecule has 0 aromatic heterocycles. The van der Waals surface area contributed by atoms with E-state index in [1.165, 1.54) is 12.8 Å². The summed E-state index contributed by atoms with van der Waals surface area (Å²) in [5.74, 6) is -0.304. The summed E-state index contributed by atoms with van der Waals surface area (Å²) in [6, 6.07) is 23.0. The van der Waals surface area contributed by atoms with Crippen LogP contribution in [0.5, 0.6) is 0 Å². The van der Waals surface area contributed by atoms with Gasteiger partial charge in [-0.25, -0.2) is 0 Å². The van der Waals surface area contributed by atoms with Crippen molar-refractivity contribution in [3.8, 4) is 0 Å². The number of hydrogen-bond donors (Lipinski definition) is 1. The molecule has 1 aliphatic heterocycles. The van der Waals surface area contributed by atoms with Gasteiger partial charge in [0, 0.05) is 18.0 Å². The molecule has 2 bridgehead atoms. The second-order valence-electron chi connectivity index (χ2n) is 11.1. The highest BCUT2D eigenvalue weighted by molar-refractivity contribution is 6.42. The summed E-state index contributed by atoms with van der Waals surface area (Å²) >= 11 is 12.4. The van der Waals surface area contributed by atoms with Crippen molar-refractivity contribution < 1.29 is 9.59 Å². The van der Waals surface area contributed by atoms with Crippen LogP contribution in [-0.2, 0) is 16.0 Å². The average molecular weight is 561 g/mol. The fourth-order valence-corrected chi connectivity index (χ4v) is 7.07. The van der Waals surface area contributed by atoms with Crippen molar-refractivity contribution in [2.45, 2.75) is 50.6 Å². The van der Waals surface area contributed by atoms with Crippen LogP contribution in [0, 0.1) is 11.3 Å². The maximum absolute atomic E-state index is 14.0. The highest BCUT2D eigenvalue weighted by Crippen LogP contribution is 2.56. The number of hydrogen-bond acceptors (Lipinski definition) is 3. The van der Waals surface area contributed by atoms with E-state index in [2.05, 4.69) is 11.4 Å². The summed E-state index contributed by atoms with van der Waals surface area (Å²) in [5.41, 5.74) is 4.53. The van der Waals surface area contributed by atoms with E-state index in [1.54, 1.807) is 24.1 Å². The summed E-state index contributed by atoms with van der Waals surface area (Å²) < 4.78 is 0. The van der Waals surface area contributed by atoms with E-state index >= 15 is 0 Å². The lowest BCUT2D eigenvalue weighted by Gasteiger charge is -2.30. The number of amides is 2. The Kier molecular flexibility index (Phi) is 6.98. The fraction of sp³-hybridized carbons (Fsp3) is 0.344. The van der Waals surface area contributed by atoms with Crippen molar-refractivity contribution in [3.05, 3.63) is 99.5 Å². The van der Waals surface area contributed by atoms with Gasteiger partial charge in [-0.2, -0.15) is 0 Å². The van der Waals surface area contributed by atoms with Crippen molar-refractivity contribution in [1.29, 1.82) is 0 Å². The maximum atomic E-state index is 14.0. The van der Waals surface area contributed by atoms with Gasteiger partial charge in [-0.1, -0.05) is 77.8 Å². The van der Waals surface area contributed by atoms with Crippen molar-refractivity contribution >= 4 is 46.4 Å². The van der Waals surface area contributed by atoms with Gasteiger partial charge in [0.2, 0.25) is 12.1 Å².